The summed E-state index contributed by atoms with van der Waals surface area (Å²) in [4.78, 5) is 32.7. The van der Waals surface area contributed by atoms with Gasteiger partial charge in [-0.25, -0.2) is 9.78 Å². The van der Waals surface area contributed by atoms with Gasteiger partial charge in [0.25, 0.3) is 5.91 Å². The van der Waals surface area contributed by atoms with Gasteiger partial charge in [0.05, 0.1) is 5.69 Å². The Labute approximate surface area is 181 Å². The normalized spacial score (nSPS) is 16.1. The SMILES string of the molecule is CN(C)C1CCc2nc(NC(=O)c3cccc(CNC(=O)OC(C)(C)C)c3)sc2C1. The summed E-state index contributed by atoms with van der Waals surface area (Å²) in [6.45, 7) is 5.73. The van der Waals surface area contributed by atoms with Gasteiger partial charge in [0.15, 0.2) is 5.13 Å². The van der Waals surface area contributed by atoms with Gasteiger partial charge in [-0.05, 0) is 71.8 Å². The van der Waals surface area contributed by atoms with Crippen LogP contribution >= 0.6 is 11.3 Å². The number of nitrogens with zero attached hydrogens (tertiary/aromatic N) is 2. The van der Waals surface area contributed by atoms with Crippen LogP contribution in [0.2, 0.25) is 0 Å². The lowest BCUT2D eigenvalue weighted by Crippen LogP contribution is -2.32. The summed E-state index contributed by atoms with van der Waals surface area (Å²) < 4.78 is 5.24. The van der Waals surface area contributed by atoms with Crippen molar-refractivity contribution in [3.63, 3.8) is 0 Å². The topological polar surface area (TPSA) is 83.6 Å². The van der Waals surface area contributed by atoms with Crippen LogP contribution < -0.4 is 10.6 Å². The number of rotatable bonds is 5. The number of ether oxygens (including phenoxy) is 1. The maximum absolute atomic E-state index is 12.7. The van der Waals surface area contributed by atoms with E-state index in [4.69, 9.17) is 4.74 Å². The zero-order valence-corrected chi connectivity index (χ0v) is 19.1. The van der Waals surface area contributed by atoms with Crippen LogP contribution in [-0.4, -0.2) is 47.6 Å². The van der Waals surface area contributed by atoms with Crippen LogP contribution in [0.25, 0.3) is 0 Å². The van der Waals surface area contributed by atoms with Crippen molar-refractivity contribution in [2.45, 2.75) is 58.2 Å². The zero-order chi connectivity index (χ0) is 21.9. The lowest BCUT2D eigenvalue weighted by molar-refractivity contribution is 0.0523. The fourth-order valence-corrected chi connectivity index (χ4v) is 4.41. The van der Waals surface area contributed by atoms with Crippen LogP contribution in [0.15, 0.2) is 24.3 Å². The predicted molar refractivity (Wildman–Crippen MR) is 119 cm³/mol. The molecule has 3 rings (SSSR count). The fourth-order valence-electron chi connectivity index (χ4n) is 3.33. The molecule has 162 valence electrons. The van der Waals surface area contributed by atoms with E-state index in [-0.39, 0.29) is 12.5 Å². The van der Waals surface area contributed by atoms with Crippen molar-refractivity contribution in [2.75, 3.05) is 19.4 Å². The monoisotopic (exact) mass is 430 g/mol. The highest BCUT2D eigenvalue weighted by Crippen LogP contribution is 2.31. The van der Waals surface area contributed by atoms with Crippen molar-refractivity contribution in [1.82, 2.24) is 15.2 Å². The van der Waals surface area contributed by atoms with E-state index in [0.717, 1.165) is 30.5 Å². The van der Waals surface area contributed by atoms with Gasteiger partial charge in [-0.3, -0.25) is 10.1 Å². The Hall–Kier alpha value is -2.45. The fraction of sp³-hybridized carbons (Fsp3) is 0.500. The maximum atomic E-state index is 12.7. The molecule has 8 heteroatoms. The molecule has 0 fully saturated rings. The number of aromatic nitrogens is 1. The van der Waals surface area contributed by atoms with E-state index in [1.807, 2.05) is 26.8 Å². The third kappa shape index (κ3) is 6.03. The molecule has 2 aromatic rings. The number of anilines is 1. The molecule has 1 aromatic carbocycles. The number of nitrogens with one attached hydrogen (secondary N) is 2. The average molecular weight is 431 g/mol. The molecule has 0 aliphatic heterocycles. The van der Waals surface area contributed by atoms with Gasteiger partial charge in [-0.2, -0.15) is 0 Å². The Bertz CT molecular complexity index is 917. The van der Waals surface area contributed by atoms with Crippen molar-refractivity contribution >= 4 is 28.5 Å². The molecule has 1 aliphatic rings. The molecule has 0 saturated carbocycles. The number of hydrogen-bond donors (Lipinski definition) is 2. The number of carbonyl (C=O) groups is 2. The molecule has 7 nitrogen and oxygen atoms in total. The molecule has 1 aromatic heterocycles. The minimum atomic E-state index is -0.550. The van der Waals surface area contributed by atoms with Gasteiger partial charge in [-0.1, -0.05) is 12.1 Å². The minimum Gasteiger partial charge on any atom is -0.444 e. The molecule has 2 amide bonds. The first-order chi connectivity index (χ1) is 14.1. The third-order valence-corrected chi connectivity index (χ3v) is 5.92. The average Bonchev–Trinajstić information content (AvgIpc) is 3.06. The van der Waals surface area contributed by atoms with Crippen molar-refractivity contribution in [2.24, 2.45) is 0 Å². The molecule has 0 bridgehead atoms. The van der Waals surface area contributed by atoms with Crippen LogP contribution in [-0.2, 0) is 24.1 Å². The maximum Gasteiger partial charge on any atom is 0.407 e. The second kappa shape index (κ2) is 9.14. The number of carbonyl (C=O) groups excluding carboxylic acids is 2. The zero-order valence-electron chi connectivity index (χ0n) is 18.2. The number of likely N-dealkylation sites (N-methyl/N-ethyl adjacent to an activating group) is 1. The number of thiazole rings is 1. The molecule has 0 spiro atoms. The number of amides is 2. The molecule has 1 aliphatic carbocycles. The van der Waals surface area contributed by atoms with Crippen molar-refractivity contribution in [3.05, 3.63) is 46.0 Å². The molecule has 0 saturated heterocycles. The van der Waals surface area contributed by atoms with Crippen LogP contribution in [0.1, 0.15) is 53.7 Å². The molecule has 30 heavy (non-hydrogen) atoms. The third-order valence-electron chi connectivity index (χ3n) is 4.89. The molecule has 0 radical (unpaired) electrons. The number of hydrogen-bond acceptors (Lipinski definition) is 6. The standard InChI is InChI=1S/C22H30N4O3S/c1-22(2,3)29-21(28)23-13-14-7-6-8-15(11-14)19(27)25-20-24-17-10-9-16(26(4)5)12-18(17)30-20/h6-8,11,16H,9-10,12-13H2,1-5H3,(H,23,28)(H,24,25,27). The highest BCUT2D eigenvalue weighted by molar-refractivity contribution is 7.15. The van der Waals surface area contributed by atoms with Gasteiger partial charge in [0.1, 0.15) is 5.60 Å². The second-order valence-corrected chi connectivity index (χ2v) is 9.84. The van der Waals surface area contributed by atoms with Gasteiger partial charge < -0.3 is 15.0 Å². The Morgan fingerprint density at radius 3 is 2.77 bits per heavy atom. The van der Waals surface area contributed by atoms with E-state index >= 15 is 0 Å². The number of alkyl carbamates (subject to hydrolysis) is 1. The van der Waals surface area contributed by atoms with Gasteiger partial charge in [-0.15, -0.1) is 11.3 Å². The molecule has 1 heterocycles. The van der Waals surface area contributed by atoms with E-state index < -0.39 is 11.7 Å². The Morgan fingerprint density at radius 2 is 2.07 bits per heavy atom. The van der Waals surface area contributed by atoms with E-state index in [1.165, 1.54) is 4.88 Å². The highest BCUT2D eigenvalue weighted by Gasteiger charge is 2.24. The van der Waals surface area contributed by atoms with Gasteiger partial charge >= 0.3 is 6.09 Å². The summed E-state index contributed by atoms with van der Waals surface area (Å²) in [5, 5.41) is 6.28. The highest BCUT2D eigenvalue weighted by atomic mass is 32.1. The van der Waals surface area contributed by atoms with Crippen LogP contribution in [0, 0.1) is 0 Å². The predicted octanol–water partition coefficient (Wildman–Crippen LogP) is 3.84. The summed E-state index contributed by atoms with van der Waals surface area (Å²) in [5.74, 6) is -0.204. The first kappa shape index (κ1) is 22.2. The van der Waals surface area contributed by atoms with Crippen LogP contribution in [0.5, 0.6) is 0 Å². The quantitative estimate of drug-likeness (QED) is 0.753. The van der Waals surface area contributed by atoms with E-state index in [2.05, 4.69) is 34.6 Å². The van der Waals surface area contributed by atoms with Crippen LogP contribution in [0.4, 0.5) is 9.93 Å². The molecular formula is C22H30N4O3S. The smallest absolute Gasteiger partial charge is 0.407 e. The van der Waals surface area contributed by atoms with Gasteiger partial charge in [0, 0.05) is 23.0 Å². The van der Waals surface area contributed by atoms with Crippen molar-refractivity contribution in [3.8, 4) is 0 Å². The molecule has 1 unspecified atom stereocenters. The summed E-state index contributed by atoms with van der Waals surface area (Å²) in [6.07, 6.45) is 2.52. The summed E-state index contributed by atoms with van der Waals surface area (Å²) in [5.41, 5.74) is 1.90. The van der Waals surface area contributed by atoms with Gasteiger partial charge in [0.2, 0.25) is 0 Å². The lowest BCUT2D eigenvalue weighted by Gasteiger charge is -2.27. The second-order valence-electron chi connectivity index (χ2n) is 8.76. The summed E-state index contributed by atoms with van der Waals surface area (Å²) in [7, 11) is 4.20. The number of benzene rings is 1. The number of aryl methyl sites for hydroxylation is 1. The van der Waals surface area contributed by atoms with E-state index in [1.54, 1.807) is 29.5 Å². The first-order valence-corrected chi connectivity index (χ1v) is 10.9. The van der Waals surface area contributed by atoms with E-state index in [0.29, 0.717) is 16.7 Å². The van der Waals surface area contributed by atoms with Crippen molar-refractivity contribution in [1.29, 1.82) is 0 Å². The summed E-state index contributed by atoms with van der Waals surface area (Å²) in [6, 6.07) is 7.70. The minimum absolute atomic E-state index is 0.204. The van der Waals surface area contributed by atoms with Crippen LogP contribution in [0.3, 0.4) is 0 Å². The lowest BCUT2D eigenvalue weighted by atomic mass is 9.97. The molecule has 1 atom stereocenters. The first-order valence-electron chi connectivity index (χ1n) is 10.1. The Balaban J connectivity index is 1.60. The Morgan fingerprint density at radius 1 is 1.30 bits per heavy atom. The molecule has 2 N–H and O–H groups in total. The van der Waals surface area contributed by atoms with Crippen molar-refractivity contribution < 1.29 is 14.3 Å². The Kier molecular flexibility index (Phi) is 6.77. The molecular weight excluding hydrogens is 400 g/mol. The largest absolute Gasteiger partial charge is 0.444 e. The number of fused-ring (bicyclic) bond motifs is 1. The summed E-state index contributed by atoms with van der Waals surface area (Å²) >= 11 is 1.56. The van der Waals surface area contributed by atoms with E-state index in [9.17, 15) is 9.59 Å².